The van der Waals surface area contributed by atoms with Crippen LogP contribution in [0.1, 0.15) is 10.4 Å². The number of likely N-dealkylation sites (N-methyl/N-ethyl adjacent to an activating group) is 1. The number of carbonyl (C=O) groups excluding carboxylic acids is 1. The summed E-state index contributed by atoms with van der Waals surface area (Å²) in [7, 11) is 3.35. The van der Waals surface area contributed by atoms with Crippen molar-refractivity contribution in [2.75, 3.05) is 40.5 Å². The van der Waals surface area contributed by atoms with Crippen LogP contribution in [0, 0.1) is 11.8 Å². The molecular weight excluding hydrogens is 276 g/mol. The van der Waals surface area contributed by atoms with Crippen LogP contribution < -0.4 is 5.73 Å². The number of ether oxygens (including phenoxy) is 2. The van der Waals surface area contributed by atoms with Crippen LogP contribution in [-0.4, -0.2) is 51.3 Å². The van der Waals surface area contributed by atoms with Crippen molar-refractivity contribution in [2.45, 2.75) is 6.54 Å². The molecule has 0 saturated heterocycles. The number of hydrogen-bond donors (Lipinski definition) is 1. The van der Waals surface area contributed by atoms with Crippen molar-refractivity contribution in [2.24, 2.45) is 5.73 Å². The fourth-order valence-corrected chi connectivity index (χ4v) is 2.28. The van der Waals surface area contributed by atoms with Crippen LogP contribution >= 0.6 is 11.3 Å². The minimum atomic E-state index is -0.0518. The Bertz CT molecular complexity index is 476. The topological polar surface area (TPSA) is 64.8 Å². The van der Waals surface area contributed by atoms with Gasteiger partial charge in [0.05, 0.1) is 26.3 Å². The van der Waals surface area contributed by atoms with E-state index >= 15 is 0 Å². The second kappa shape index (κ2) is 9.50. The zero-order valence-corrected chi connectivity index (χ0v) is 12.7. The molecule has 0 radical (unpaired) electrons. The first-order valence-corrected chi connectivity index (χ1v) is 7.12. The molecule has 1 aromatic heterocycles. The minimum absolute atomic E-state index is 0.0518. The van der Waals surface area contributed by atoms with E-state index in [4.69, 9.17) is 15.2 Å². The highest BCUT2D eigenvalue weighted by molar-refractivity contribution is 7.10. The summed E-state index contributed by atoms with van der Waals surface area (Å²) in [5.74, 6) is 5.72. The van der Waals surface area contributed by atoms with Crippen LogP contribution in [0.4, 0.5) is 0 Å². The molecular formula is C14H20N2O3S. The predicted molar refractivity (Wildman–Crippen MR) is 79.4 cm³/mol. The molecule has 1 amide bonds. The van der Waals surface area contributed by atoms with E-state index in [0.717, 1.165) is 10.4 Å². The number of carbonyl (C=O) groups is 1. The van der Waals surface area contributed by atoms with Gasteiger partial charge in [-0.3, -0.25) is 4.79 Å². The molecule has 110 valence electrons. The van der Waals surface area contributed by atoms with Gasteiger partial charge in [-0.25, -0.2) is 0 Å². The summed E-state index contributed by atoms with van der Waals surface area (Å²) in [5, 5.41) is 1.96. The van der Waals surface area contributed by atoms with Crippen LogP contribution in [0.15, 0.2) is 11.4 Å². The summed E-state index contributed by atoms with van der Waals surface area (Å²) in [6.45, 7) is 1.90. The predicted octanol–water partition coefficient (Wildman–Crippen LogP) is 0.680. The SMILES string of the molecule is COCCOCC(=O)N(C)Cc1cc(C#CCN)cs1. The summed E-state index contributed by atoms with van der Waals surface area (Å²) in [4.78, 5) is 14.5. The van der Waals surface area contributed by atoms with E-state index in [1.54, 1.807) is 30.4 Å². The summed E-state index contributed by atoms with van der Waals surface area (Å²) in [6, 6.07) is 1.98. The molecule has 1 heterocycles. The number of nitrogens with two attached hydrogens (primary N) is 1. The summed E-state index contributed by atoms with van der Waals surface area (Å²) in [5.41, 5.74) is 6.26. The maximum Gasteiger partial charge on any atom is 0.248 e. The van der Waals surface area contributed by atoms with Crippen molar-refractivity contribution in [3.8, 4) is 11.8 Å². The molecule has 0 aliphatic heterocycles. The van der Waals surface area contributed by atoms with Gasteiger partial charge in [0.15, 0.2) is 0 Å². The Morgan fingerprint density at radius 1 is 1.50 bits per heavy atom. The Morgan fingerprint density at radius 2 is 2.30 bits per heavy atom. The Balaban J connectivity index is 2.39. The molecule has 0 aromatic carbocycles. The van der Waals surface area contributed by atoms with Gasteiger partial charge in [-0.15, -0.1) is 11.3 Å². The molecule has 6 heteroatoms. The first-order chi connectivity index (χ1) is 9.67. The number of rotatable bonds is 7. The normalized spacial score (nSPS) is 9.95. The zero-order valence-electron chi connectivity index (χ0n) is 11.8. The Morgan fingerprint density at radius 3 is 3.00 bits per heavy atom. The van der Waals surface area contributed by atoms with Gasteiger partial charge in [-0.2, -0.15) is 0 Å². The van der Waals surface area contributed by atoms with Gasteiger partial charge in [0, 0.05) is 30.0 Å². The molecule has 20 heavy (non-hydrogen) atoms. The Hall–Kier alpha value is -1.39. The molecule has 0 atom stereocenters. The summed E-state index contributed by atoms with van der Waals surface area (Å²) >= 11 is 1.58. The third kappa shape index (κ3) is 6.17. The van der Waals surface area contributed by atoms with Gasteiger partial charge < -0.3 is 20.1 Å². The van der Waals surface area contributed by atoms with E-state index in [1.165, 1.54) is 0 Å². The van der Waals surface area contributed by atoms with Crippen LogP contribution in [0.3, 0.4) is 0 Å². The zero-order chi connectivity index (χ0) is 14.8. The lowest BCUT2D eigenvalue weighted by molar-refractivity contribution is -0.135. The van der Waals surface area contributed by atoms with E-state index in [2.05, 4.69) is 11.8 Å². The standard InChI is InChI=1S/C14H20N2O3S/c1-16(14(17)10-19-7-6-18-2)9-13-8-12(11-20-13)4-3-5-15/h8,11H,5-7,9-10,15H2,1-2H3. The monoisotopic (exact) mass is 296 g/mol. The average Bonchev–Trinajstić information content (AvgIpc) is 2.88. The second-order valence-corrected chi connectivity index (χ2v) is 5.10. The fraction of sp³-hybridized carbons (Fsp3) is 0.500. The average molecular weight is 296 g/mol. The highest BCUT2D eigenvalue weighted by Crippen LogP contribution is 2.15. The molecule has 1 aromatic rings. The molecule has 1 rings (SSSR count). The third-order valence-corrected chi connectivity index (χ3v) is 3.39. The summed E-state index contributed by atoms with van der Waals surface area (Å²) < 4.78 is 10.0. The summed E-state index contributed by atoms with van der Waals surface area (Å²) in [6.07, 6.45) is 0. The molecule has 0 fully saturated rings. The highest BCUT2D eigenvalue weighted by atomic mass is 32.1. The number of amides is 1. The second-order valence-electron chi connectivity index (χ2n) is 4.10. The number of nitrogens with zero attached hydrogens (tertiary/aromatic N) is 1. The van der Waals surface area contributed by atoms with Crippen molar-refractivity contribution in [3.63, 3.8) is 0 Å². The van der Waals surface area contributed by atoms with Crippen molar-refractivity contribution >= 4 is 17.2 Å². The maximum atomic E-state index is 11.8. The molecule has 0 saturated carbocycles. The van der Waals surface area contributed by atoms with E-state index < -0.39 is 0 Å². The first kappa shape index (κ1) is 16.7. The van der Waals surface area contributed by atoms with Gasteiger partial charge in [0.25, 0.3) is 0 Å². The van der Waals surface area contributed by atoms with E-state index in [9.17, 15) is 4.79 Å². The molecule has 5 nitrogen and oxygen atoms in total. The van der Waals surface area contributed by atoms with Crippen molar-refractivity contribution < 1.29 is 14.3 Å². The van der Waals surface area contributed by atoms with Crippen molar-refractivity contribution in [3.05, 3.63) is 21.9 Å². The fourth-order valence-electron chi connectivity index (χ4n) is 1.42. The van der Waals surface area contributed by atoms with Gasteiger partial charge in [-0.05, 0) is 6.07 Å². The molecule has 2 N–H and O–H groups in total. The largest absolute Gasteiger partial charge is 0.382 e. The molecule has 0 unspecified atom stereocenters. The highest BCUT2D eigenvalue weighted by Gasteiger charge is 2.10. The smallest absolute Gasteiger partial charge is 0.248 e. The van der Waals surface area contributed by atoms with Crippen LogP contribution in [-0.2, 0) is 20.8 Å². The van der Waals surface area contributed by atoms with Gasteiger partial charge in [-0.1, -0.05) is 11.8 Å². The number of methoxy groups -OCH3 is 1. The lowest BCUT2D eigenvalue weighted by Crippen LogP contribution is -2.30. The van der Waals surface area contributed by atoms with Crippen molar-refractivity contribution in [1.82, 2.24) is 4.90 Å². The molecule has 0 aliphatic rings. The van der Waals surface area contributed by atoms with Gasteiger partial charge >= 0.3 is 0 Å². The lowest BCUT2D eigenvalue weighted by Gasteiger charge is -2.16. The van der Waals surface area contributed by atoms with E-state index in [1.807, 2.05) is 11.4 Å². The first-order valence-electron chi connectivity index (χ1n) is 6.24. The maximum absolute atomic E-state index is 11.8. The molecule has 0 aliphatic carbocycles. The van der Waals surface area contributed by atoms with Crippen molar-refractivity contribution in [1.29, 1.82) is 0 Å². The van der Waals surface area contributed by atoms with Crippen LogP contribution in [0.25, 0.3) is 0 Å². The van der Waals surface area contributed by atoms with Crippen LogP contribution in [0.5, 0.6) is 0 Å². The molecule has 0 spiro atoms. The van der Waals surface area contributed by atoms with Crippen LogP contribution in [0.2, 0.25) is 0 Å². The third-order valence-electron chi connectivity index (χ3n) is 2.46. The molecule has 0 bridgehead atoms. The quantitative estimate of drug-likeness (QED) is 0.593. The number of hydrogen-bond acceptors (Lipinski definition) is 5. The van der Waals surface area contributed by atoms with E-state index in [-0.39, 0.29) is 12.5 Å². The Labute approximate surface area is 123 Å². The Kier molecular flexibility index (Phi) is 7.92. The minimum Gasteiger partial charge on any atom is -0.382 e. The van der Waals surface area contributed by atoms with Gasteiger partial charge in [0.2, 0.25) is 5.91 Å². The van der Waals surface area contributed by atoms with E-state index in [0.29, 0.717) is 26.3 Å². The lowest BCUT2D eigenvalue weighted by atomic mass is 10.3. The number of thiophene rings is 1. The van der Waals surface area contributed by atoms with Gasteiger partial charge in [0.1, 0.15) is 6.61 Å².